The molecule has 1 heterocycles. The lowest BCUT2D eigenvalue weighted by Gasteiger charge is -2.40. The number of carbonyl (C=O) groups is 1. The number of aliphatic hydroxyl groups excluding tert-OH is 5. The Morgan fingerprint density at radius 3 is 1.08 bits per heavy atom. The normalized spacial score (nSPS) is 18.7. The third-order valence-electron chi connectivity index (χ3n) is 16.8. The minimum atomic E-state index is -1.57. The van der Waals surface area contributed by atoms with Crippen LogP contribution in [0.25, 0.3) is 0 Å². The molecule has 0 radical (unpaired) electrons. The van der Waals surface area contributed by atoms with E-state index < -0.39 is 49.5 Å². The summed E-state index contributed by atoms with van der Waals surface area (Å²) in [5.41, 5.74) is 0. The molecule has 6 N–H and O–H groups in total. The first-order chi connectivity index (χ1) is 38.3. The smallest absolute Gasteiger partial charge is 0.220 e. The van der Waals surface area contributed by atoms with Gasteiger partial charge in [0.05, 0.1) is 25.4 Å². The lowest BCUT2D eigenvalue weighted by atomic mass is 9.99. The second-order valence-electron chi connectivity index (χ2n) is 24.3. The zero-order valence-corrected chi connectivity index (χ0v) is 51.7. The number of hydrogen-bond donors (Lipinski definition) is 6. The molecule has 0 aromatic heterocycles. The van der Waals surface area contributed by atoms with E-state index in [0.29, 0.717) is 6.42 Å². The lowest BCUT2D eigenvalue weighted by molar-refractivity contribution is -0.302. The fraction of sp³-hybridized carbons (Fsp3) is 0.928. The van der Waals surface area contributed by atoms with E-state index in [1.54, 1.807) is 6.08 Å². The summed E-state index contributed by atoms with van der Waals surface area (Å²) in [4.78, 5) is 13.1. The molecule has 78 heavy (non-hydrogen) atoms. The van der Waals surface area contributed by atoms with Crippen LogP contribution in [0.4, 0.5) is 0 Å². The summed E-state index contributed by atoms with van der Waals surface area (Å²) in [5, 5.41) is 54.7. The third-order valence-corrected chi connectivity index (χ3v) is 16.8. The SMILES string of the molecule is CCCCCCCCCCCCCCCCC/C=C/CC/C=C/C(O)C(COC1OC(CO)C(O)C(O)C1O)NC(=O)CCCCCCCCCCCCCCCCCCCCCCCCCCCCCCCCCCCC. The highest BCUT2D eigenvalue weighted by Gasteiger charge is 2.44. The van der Waals surface area contributed by atoms with Crippen LogP contribution >= 0.6 is 0 Å². The van der Waals surface area contributed by atoms with Gasteiger partial charge in [0.15, 0.2) is 6.29 Å². The maximum atomic E-state index is 13.1. The van der Waals surface area contributed by atoms with Gasteiger partial charge in [-0.05, 0) is 32.1 Å². The van der Waals surface area contributed by atoms with Gasteiger partial charge in [-0.3, -0.25) is 4.79 Å². The minimum Gasteiger partial charge on any atom is -0.394 e. The van der Waals surface area contributed by atoms with Crippen LogP contribution in [0.1, 0.15) is 354 Å². The molecule has 1 rings (SSSR count). The highest BCUT2D eigenvalue weighted by atomic mass is 16.7. The van der Waals surface area contributed by atoms with Crippen molar-refractivity contribution >= 4 is 5.91 Å². The van der Waals surface area contributed by atoms with Gasteiger partial charge in [-0.2, -0.15) is 0 Å². The van der Waals surface area contributed by atoms with Crippen LogP contribution in [-0.4, -0.2) is 87.5 Å². The van der Waals surface area contributed by atoms with Crippen molar-refractivity contribution in [3.63, 3.8) is 0 Å². The van der Waals surface area contributed by atoms with E-state index in [1.165, 1.54) is 295 Å². The van der Waals surface area contributed by atoms with Gasteiger partial charge in [0.25, 0.3) is 0 Å². The van der Waals surface area contributed by atoms with Gasteiger partial charge in [0.1, 0.15) is 24.4 Å². The summed E-state index contributed by atoms with van der Waals surface area (Å²) in [6.45, 7) is 3.82. The quantitative estimate of drug-likeness (QED) is 0.0261. The Balaban J connectivity index is 2.10. The molecule has 1 saturated heterocycles. The second-order valence-corrected chi connectivity index (χ2v) is 24.3. The summed E-state index contributed by atoms with van der Waals surface area (Å²) in [5.74, 6) is -0.178. The van der Waals surface area contributed by atoms with Crippen LogP contribution in [-0.2, 0) is 14.3 Å². The Kier molecular flexibility index (Phi) is 56.3. The van der Waals surface area contributed by atoms with E-state index in [1.807, 2.05) is 6.08 Å². The van der Waals surface area contributed by atoms with Crippen molar-refractivity contribution in [3.05, 3.63) is 24.3 Å². The average Bonchev–Trinajstić information content (AvgIpc) is 3.45. The monoisotopic (exact) mass is 1100 g/mol. The molecule has 1 amide bonds. The van der Waals surface area contributed by atoms with Gasteiger partial charge in [-0.25, -0.2) is 0 Å². The first kappa shape index (κ1) is 74.7. The minimum absolute atomic E-state index is 0.178. The van der Waals surface area contributed by atoms with Gasteiger partial charge >= 0.3 is 0 Å². The fourth-order valence-electron chi connectivity index (χ4n) is 11.4. The number of ether oxygens (including phenoxy) is 2. The standard InChI is InChI=1S/C69H133NO8/c1-3-5-7-9-11-13-15-17-19-21-23-25-26-27-28-29-30-31-32-33-34-35-36-37-39-41-43-45-47-49-51-53-55-57-59-65(73)70-62(61-77-69-68(76)67(75)66(74)64(60-71)78-69)63(72)58-56-54-52-50-48-46-44-42-40-38-24-22-20-18-16-14-12-10-8-6-4-2/h48,50,56,58,62-64,66-69,71-72,74-76H,3-47,49,51-55,57,59-61H2,1-2H3,(H,70,73)/b50-48+,58-56+. The van der Waals surface area contributed by atoms with E-state index in [9.17, 15) is 30.3 Å². The first-order valence-electron chi connectivity index (χ1n) is 34.6. The number of allylic oxidation sites excluding steroid dienone is 3. The van der Waals surface area contributed by atoms with Crippen LogP contribution < -0.4 is 5.32 Å². The number of nitrogens with one attached hydrogen (secondary N) is 1. The summed E-state index contributed by atoms with van der Waals surface area (Å²) < 4.78 is 11.3. The highest BCUT2D eigenvalue weighted by molar-refractivity contribution is 5.76. The van der Waals surface area contributed by atoms with Gasteiger partial charge in [-0.1, -0.05) is 340 Å². The van der Waals surface area contributed by atoms with E-state index in [-0.39, 0.29) is 12.5 Å². The largest absolute Gasteiger partial charge is 0.394 e. The van der Waals surface area contributed by atoms with Crippen LogP contribution in [0.3, 0.4) is 0 Å². The number of amides is 1. The lowest BCUT2D eigenvalue weighted by Crippen LogP contribution is -2.60. The number of hydrogen-bond acceptors (Lipinski definition) is 8. The number of carbonyl (C=O) groups excluding carboxylic acids is 1. The molecule has 0 aromatic rings. The Morgan fingerprint density at radius 2 is 0.731 bits per heavy atom. The molecular formula is C69H133NO8. The molecule has 0 bridgehead atoms. The van der Waals surface area contributed by atoms with E-state index in [0.717, 1.165) is 38.5 Å². The zero-order chi connectivity index (χ0) is 56.5. The summed E-state index contributed by atoms with van der Waals surface area (Å²) in [6.07, 6.45) is 70.1. The Hall–Kier alpha value is -1.33. The zero-order valence-electron chi connectivity index (χ0n) is 51.7. The topological polar surface area (TPSA) is 149 Å². The summed E-state index contributed by atoms with van der Waals surface area (Å²) >= 11 is 0. The van der Waals surface area contributed by atoms with Crippen LogP contribution in [0, 0.1) is 0 Å². The average molecular weight is 1100 g/mol. The van der Waals surface area contributed by atoms with Crippen molar-refractivity contribution in [2.45, 2.75) is 397 Å². The highest BCUT2D eigenvalue weighted by Crippen LogP contribution is 2.23. The van der Waals surface area contributed by atoms with Gasteiger partial charge in [0.2, 0.25) is 5.91 Å². The van der Waals surface area contributed by atoms with Crippen molar-refractivity contribution in [2.75, 3.05) is 13.2 Å². The molecule has 0 aromatic carbocycles. The maximum absolute atomic E-state index is 13.1. The van der Waals surface area contributed by atoms with Gasteiger partial charge in [0, 0.05) is 6.42 Å². The molecule has 0 saturated carbocycles. The molecule has 1 fully saturated rings. The summed E-state index contributed by atoms with van der Waals surface area (Å²) in [7, 11) is 0. The Morgan fingerprint density at radius 1 is 0.423 bits per heavy atom. The molecule has 0 aliphatic carbocycles. The van der Waals surface area contributed by atoms with Gasteiger partial charge in [-0.15, -0.1) is 0 Å². The van der Waals surface area contributed by atoms with Crippen molar-refractivity contribution in [3.8, 4) is 0 Å². The van der Waals surface area contributed by atoms with Crippen LogP contribution in [0.15, 0.2) is 24.3 Å². The summed E-state index contributed by atoms with van der Waals surface area (Å²) in [6, 6.07) is -0.820. The molecule has 9 nitrogen and oxygen atoms in total. The molecule has 9 heteroatoms. The number of unbranched alkanes of at least 4 members (excludes halogenated alkanes) is 49. The maximum Gasteiger partial charge on any atom is 0.220 e. The molecule has 462 valence electrons. The van der Waals surface area contributed by atoms with Gasteiger partial charge < -0.3 is 40.3 Å². The van der Waals surface area contributed by atoms with Crippen molar-refractivity contribution in [1.29, 1.82) is 0 Å². The van der Waals surface area contributed by atoms with Crippen molar-refractivity contribution < 1.29 is 39.8 Å². The Labute approximate surface area is 483 Å². The Bertz CT molecular complexity index is 1280. The molecule has 7 unspecified atom stereocenters. The van der Waals surface area contributed by atoms with E-state index in [4.69, 9.17) is 9.47 Å². The van der Waals surface area contributed by atoms with E-state index >= 15 is 0 Å². The van der Waals surface area contributed by atoms with Crippen LogP contribution in [0.2, 0.25) is 0 Å². The third kappa shape index (κ3) is 47.2. The predicted molar refractivity (Wildman–Crippen MR) is 332 cm³/mol. The van der Waals surface area contributed by atoms with Crippen molar-refractivity contribution in [1.82, 2.24) is 5.32 Å². The second kappa shape index (κ2) is 58.9. The molecule has 7 atom stereocenters. The molecular weight excluding hydrogens is 971 g/mol. The van der Waals surface area contributed by atoms with Crippen molar-refractivity contribution in [2.24, 2.45) is 0 Å². The predicted octanol–water partition coefficient (Wildman–Crippen LogP) is 18.5. The fourth-order valence-corrected chi connectivity index (χ4v) is 11.4. The number of rotatable bonds is 61. The molecule has 0 spiro atoms. The molecule has 1 aliphatic heterocycles. The van der Waals surface area contributed by atoms with E-state index in [2.05, 4.69) is 31.3 Å². The molecule has 1 aliphatic rings. The van der Waals surface area contributed by atoms with Crippen LogP contribution in [0.5, 0.6) is 0 Å². The first-order valence-corrected chi connectivity index (χ1v) is 34.6. The number of aliphatic hydroxyl groups is 5.